The van der Waals surface area contributed by atoms with Crippen molar-refractivity contribution in [3.05, 3.63) is 5.82 Å². The molecule has 2 saturated heterocycles. The van der Waals surface area contributed by atoms with E-state index in [9.17, 15) is 13.6 Å². The first kappa shape index (κ1) is 17.5. The van der Waals surface area contributed by atoms with Crippen molar-refractivity contribution in [2.24, 2.45) is 5.92 Å². The number of hydrogen-bond donors (Lipinski definition) is 0. The zero-order chi connectivity index (χ0) is 17.3. The van der Waals surface area contributed by atoms with E-state index in [0.717, 1.165) is 30.3 Å². The molecule has 2 aliphatic rings. The third-order valence-electron chi connectivity index (χ3n) is 4.80. The highest BCUT2D eigenvalue weighted by Crippen LogP contribution is 2.31. The van der Waals surface area contributed by atoms with E-state index in [0.29, 0.717) is 6.54 Å². The van der Waals surface area contributed by atoms with Gasteiger partial charge >= 0.3 is 0 Å². The molecule has 2 aliphatic heterocycles. The first-order chi connectivity index (χ1) is 11.4. The molecule has 5 nitrogen and oxygen atoms in total. The number of piperidine rings is 2. The molecule has 1 unspecified atom stereocenters. The predicted molar refractivity (Wildman–Crippen MR) is 89.7 cm³/mol. The summed E-state index contributed by atoms with van der Waals surface area (Å²) in [5, 5.41) is 0.862. The van der Waals surface area contributed by atoms with Gasteiger partial charge in [0.05, 0.1) is 5.92 Å². The molecule has 0 spiro atoms. The Labute approximate surface area is 145 Å². The molecule has 0 bridgehead atoms. The van der Waals surface area contributed by atoms with Crippen LogP contribution in [0.5, 0.6) is 0 Å². The zero-order valence-corrected chi connectivity index (χ0v) is 15.0. The van der Waals surface area contributed by atoms with Crippen LogP contribution in [0.4, 0.5) is 13.9 Å². The largest absolute Gasteiger partial charge is 0.346 e. The van der Waals surface area contributed by atoms with Gasteiger partial charge in [0.1, 0.15) is 5.82 Å². The highest BCUT2D eigenvalue weighted by Gasteiger charge is 2.38. The summed E-state index contributed by atoms with van der Waals surface area (Å²) < 4.78 is 30.9. The molecule has 2 fully saturated rings. The predicted octanol–water partition coefficient (Wildman–Crippen LogP) is 3.14. The fraction of sp³-hybridized carbons (Fsp3) is 0.812. The van der Waals surface area contributed by atoms with Crippen LogP contribution < -0.4 is 4.90 Å². The Bertz CT molecular complexity index is 582. The summed E-state index contributed by atoms with van der Waals surface area (Å²) in [7, 11) is 0. The van der Waals surface area contributed by atoms with Gasteiger partial charge in [-0.3, -0.25) is 4.79 Å². The lowest BCUT2D eigenvalue weighted by atomic mass is 9.95. The van der Waals surface area contributed by atoms with Crippen molar-refractivity contribution in [3.8, 4) is 0 Å². The average Bonchev–Trinajstić information content (AvgIpc) is 3.05. The van der Waals surface area contributed by atoms with Crippen LogP contribution in [0.3, 0.4) is 0 Å². The molecule has 134 valence electrons. The Hall–Kier alpha value is -1.31. The normalized spacial score (nSPS) is 24.5. The van der Waals surface area contributed by atoms with Gasteiger partial charge in [-0.1, -0.05) is 13.8 Å². The number of amides is 1. The van der Waals surface area contributed by atoms with E-state index in [1.54, 1.807) is 4.90 Å². The van der Waals surface area contributed by atoms with E-state index in [1.165, 1.54) is 11.5 Å². The molecule has 24 heavy (non-hydrogen) atoms. The van der Waals surface area contributed by atoms with Crippen LogP contribution in [-0.2, 0) is 4.79 Å². The van der Waals surface area contributed by atoms with Crippen LogP contribution in [0.2, 0.25) is 0 Å². The summed E-state index contributed by atoms with van der Waals surface area (Å²) in [5.74, 6) is -1.61. The first-order valence-electron chi connectivity index (χ1n) is 8.61. The second-order valence-corrected chi connectivity index (χ2v) is 7.79. The number of nitrogens with zero attached hydrogens (tertiary/aromatic N) is 4. The zero-order valence-electron chi connectivity index (χ0n) is 14.2. The van der Waals surface area contributed by atoms with Crippen molar-refractivity contribution in [1.29, 1.82) is 0 Å². The molecule has 0 aromatic carbocycles. The number of likely N-dealkylation sites (tertiary alicyclic amines) is 1. The maximum absolute atomic E-state index is 13.3. The van der Waals surface area contributed by atoms with Gasteiger partial charge in [-0.25, -0.2) is 13.8 Å². The number of halogens is 2. The topological polar surface area (TPSA) is 49.3 Å². The molecule has 0 N–H and O–H groups in total. The Kier molecular flexibility index (Phi) is 5.03. The molecule has 1 aromatic rings. The molecule has 1 aromatic heterocycles. The number of rotatable bonds is 3. The minimum atomic E-state index is -2.62. The molecule has 0 saturated carbocycles. The molecule has 1 amide bonds. The Morgan fingerprint density at radius 2 is 2.00 bits per heavy atom. The van der Waals surface area contributed by atoms with Crippen LogP contribution >= 0.6 is 11.5 Å². The minimum Gasteiger partial charge on any atom is -0.346 e. The van der Waals surface area contributed by atoms with Gasteiger partial charge in [0.25, 0.3) is 5.92 Å². The van der Waals surface area contributed by atoms with Gasteiger partial charge in [-0.15, -0.1) is 0 Å². The molecule has 8 heteroatoms. The number of aromatic nitrogens is 2. The Balaban J connectivity index is 1.61. The summed E-state index contributed by atoms with van der Waals surface area (Å²) in [6, 6.07) is 0. The molecular weight excluding hydrogens is 334 g/mol. The van der Waals surface area contributed by atoms with E-state index in [1.807, 2.05) is 0 Å². The quantitative estimate of drug-likeness (QED) is 0.833. The number of alkyl halides is 2. The summed E-state index contributed by atoms with van der Waals surface area (Å²) in [6.07, 6.45) is 1.29. The van der Waals surface area contributed by atoms with Crippen LogP contribution in [0.1, 0.15) is 51.3 Å². The van der Waals surface area contributed by atoms with Gasteiger partial charge in [-0.2, -0.15) is 4.37 Å². The number of hydrogen-bond acceptors (Lipinski definition) is 5. The summed E-state index contributed by atoms with van der Waals surface area (Å²) in [4.78, 5) is 21.0. The van der Waals surface area contributed by atoms with Crippen molar-refractivity contribution in [2.45, 2.75) is 51.4 Å². The van der Waals surface area contributed by atoms with Crippen LogP contribution in [0.25, 0.3) is 0 Å². The maximum atomic E-state index is 13.3. The number of carbonyl (C=O) groups excluding carboxylic acids is 1. The van der Waals surface area contributed by atoms with E-state index in [4.69, 9.17) is 0 Å². The molecule has 1 atom stereocenters. The maximum Gasteiger partial charge on any atom is 0.251 e. The highest BCUT2D eigenvalue weighted by molar-refractivity contribution is 7.09. The van der Waals surface area contributed by atoms with E-state index in [2.05, 4.69) is 28.1 Å². The standard InChI is InChI=1S/C16H24F2N4OS/c1-11(2)13-19-15(24-20-13)22-7-3-4-12(10-22)14(23)21-8-5-16(17,18)6-9-21/h11-12H,3-10H2,1-2H3. The number of carbonyl (C=O) groups is 1. The molecule has 3 heterocycles. The summed E-state index contributed by atoms with van der Waals surface area (Å²) in [5.41, 5.74) is 0. The Morgan fingerprint density at radius 1 is 1.29 bits per heavy atom. The van der Waals surface area contributed by atoms with Gasteiger partial charge in [-0.05, 0) is 12.8 Å². The average molecular weight is 358 g/mol. The van der Waals surface area contributed by atoms with Crippen molar-refractivity contribution < 1.29 is 13.6 Å². The highest BCUT2D eigenvalue weighted by atomic mass is 32.1. The smallest absolute Gasteiger partial charge is 0.251 e. The van der Waals surface area contributed by atoms with Crippen LogP contribution in [-0.4, -0.2) is 52.3 Å². The van der Waals surface area contributed by atoms with Crippen molar-refractivity contribution in [1.82, 2.24) is 14.3 Å². The minimum absolute atomic E-state index is 0.0174. The lowest BCUT2D eigenvalue weighted by Gasteiger charge is -2.37. The third kappa shape index (κ3) is 3.84. The van der Waals surface area contributed by atoms with Gasteiger partial charge in [0, 0.05) is 56.5 Å². The molecule has 3 rings (SSSR count). The Morgan fingerprint density at radius 3 is 2.62 bits per heavy atom. The monoisotopic (exact) mass is 358 g/mol. The lowest BCUT2D eigenvalue weighted by Crippen LogP contribution is -2.49. The molecule has 0 radical (unpaired) electrons. The fourth-order valence-corrected chi connectivity index (χ4v) is 4.10. The van der Waals surface area contributed by atoms with Crippen molar-refractivity contribution in [2.75, 3.05) is 31.1 Å². The second-order valence-electron chi connectivity index (χ2n) is 7.06. The summed E-state index contributed by atoms with van der Waals surface area (Å²) in [6.45, 7) is 5.92. The number of anilines is 1. The molecule has 0 aliphatic carbocycles. The van der Waals surface area contributed by atoms with E-state index >= 15 is 0 Å². The van der Waals surface area contributed by atoms with Crippen LogP contribution in [0.15, 0.2) is 0 Å². The summed E-state index contributed by atoms with van der Waals surface area (Å²) >= 11 is 1.37. The van der Waals surface area contributed by atoms with Crippen molar-refractivity contribution in [3.63, 3.8) is 0 Å². The SMILES string of the molecule is CC(C)c1nsc(N2CCCC(C(=O)N3CCC(F)(F)CC3)C2)n1. The lowest BCUT2D eigenvalue weighted by molar-refractivity contribution is -0.141. The molecular formula is C16H24F2N4OS. The van der Waals surface area contributed by atoms with Gasteiger partial charge < -0.3 is 9.80 Å². The van der Waals surface area contributed by atoms with E-state index < -0.39 is 5.92 Å². The second kappa shape index (κ2) is 6.90. The third-order valence-corrected chi connectivity index (χ3v) is 5.59. The van der Waals surface area contributed by atoms with E-state index in [-0.39, 0.29) is 43.7 Å². The van der Waals surface area contributed by atoms with Gasteiger partial charge in [0.2, 0.25) is 11.0 Å². The van der Waals surface area contributed by atoms with Crippen molar-refractivity contribution >= 4 is 22.6 Å². The fourth-order valence-electron chi connectivity index (χ4n) is 3.25. The van der Waals surface area contributed by atoms with Gasteiger partial charge in [0.15, 0.2) is 0 Å². The van der Waals surface area contributed by atoms with Crippen LogP contribution in [0, 0.1) is 5.92 Å². The first-order valence-corrected chi connectivity index (χ1v) is 9.38.